The third-order valence-corrected chi connectivity index (χ3v) is 2.92. The van der Waals surface area contributed by atoms with Gasteiger partial charge in [-0.25, -0.2) is 4.39 Å². The highest BCUT2D eigenvalue weighted by atomic mass is 19.1. The standard InChI is InChI=1S/C14H16FN3O2/c1-9-6-12(18(2)17-9)14(20)16-8-13(19)10-4-3-5-11(15)7-10/h3-7,13,19H,8H2,1-2H3,(H,16,20). The molecule has 1 unspecified atom stereocenters. The number of hydrogen-bond acceptors (Lipinski definition) is 3. The Balaban J connectivity index is 1.98. The van der Waals surface area contributed by atoms with Gasteiger partial charge in [-0.1, -0.05) is 12.1 Å². The van der Waals surface area contributed by atoms with E-state index in [1.54, 1.807) is 26.1 Å². The molecular weight excluding hydrogens is 261 g/mol. The molecule has 0 fully saturated rings. The average Bonchev–Trinajstić information content (AvgIpc) is 2.74. The SMILES string of the molecule is Cc1cc(C(=O)NCC(O)c2cccc(F)c2)n(C)n1. The van der Waals surface area contributed by atoms with Gasteiger partial charge in [0, 0.05) is 13.6 Å². The van der Waals surface area contributed by atoms with E-state index < -0.39 is 11.9 Å². The largest absolute Gasteiger partial charge is 0.387 e. The first kappa shape index (κ1) is 14.2. The van der Waals surface area contributed by atoms with Crippen LogP contribution < -0.4 is 5.32 Å². The van der Waals surface area contributed by atoms with E-state index in [4.69, 9.17) is 0 Å². The van der Waals surface area contributed by atoms with Crippen molar-refractivity contribution in [2.24, 2.45) is 7.05 Å². The summed E-state index contributed by atoms with van der Waals surface area (Å²) in [5.74, 6) is -0.751. The number of benzene rings is 1. The summed E-state index contributed by atoms with van der Waals surface area (Å²) in [6.07, 6.45) is -0.955. The van der Waals surface area contributed by atoms with Crippen molar-refractivity contribution in [3.05, 3.63) is 53.1 Å². The molecule has 0 spiro atoms. The Labute approximate surface area is 116 Å². The number of rotatable bonds is 4. The highest BCUT2D eigenvalue weighted by molar-refractivity contribution is 5.92. The van der Waals surface area contributed by atoms with Crippen molar-refractivity contribution in [3.8, 4) is 0 Å². The summed E-state index contributed by atoms with van der Waals surface area (Å²) in [4.78, 5) is 11.9. The predicted octanol–water partition coefficient (Wildman–Crippen LogP) is 1.33. The fourth-order valence-corrected chi connectivity index (χ4v) is 1.93. The highest BCUT2D eigenvalue weighted by Crippen LogP contribution is 2.13. The maximum absolute atomic E-state index is 13.0. The quantitative estimate of drug-likeness (QED) is 0.886. The molecule has 0 saturated heterocycles. The number of aryl methyl sites for hydroxylation is 2. The Kier molecular flexibility index (Phi) is 4.14. The molecule has 106 valence electrons. The minimum Gasteiger partial charge on any atom is -0.387 e. The van der Waals surface area contributed by atoms with Crippen LogP contribution in [0.4, 0.5) is 4.39 Å². The van der Waals surface area contributed by atoms with Crippen LogP contribution in [0.25, 0.3) is 0 Å². The number of aromatic nitrogens is 2. The Bertz CT molecular complexity index is 625. The number of halogens is 1. The van der Waals surface area contributed by atoms with Crippen LogP contribution in [-0.4, -0.2) is 27.3 Å². The third-order valence-electron chi connectivity index (χ3n) is 2.92. The van der Waals surface area contributed by atoms with E-state index in [-0.39, 0.29) is 12.5 Å². The molecule has 0 aliphatic rings. The smallest absolute Gasteiger partial charge is 0.269 e. The zero-order chi connectivity index (χ0) is 14.7. The number of hydrogen-bond donors (Lipinski definition) is 2. The van der Waals surface area contributed by atoms with Crippen LogP contribution in [-0.2, 0) is 7.05 Å². The zero-order valence-corrected chi connectivity index (χ0v) is 11.3. The summed E-state index contributed by atoms with van der Waals surface area (Å²) in [6, 6.07) is 7.32. The summed E-state index contributed by atoms with van der Waals surface area (Å²) < 4.78 is 14.5. The van der Waals surface area contributed by atoms with Crippen molar-refractivity contribution in [2.45, 2.75) is 13.0 Å². The molecule has 2 rings (SSSR count). The molecule has 0 saturated carbocycles. The predicted molar refractivity (Wildman–Crippen MR) is 71.6 cm³/mol. The van der Waals surface area contributed by atoms with E-state index in [0.29, 0.717) is 11.3 Å². The normalized spacial score (nSPS) is 12.2. The van der Waals surface area contributed by atoms with Crippen LogP contribution in [0.3, 0.4) is 0 Å². The number of nitrogens with one attached hydrogen (secondary N) is 1. The summed E-state index contributed by atoms with van der Waals surface area (Å²) >= 11 is 0. The van der Waals surface area contributed by atoms with E-state index in [1.165, 1.54) is 22.9 Å². The van der Waals surface area contributed by atoms with Crippen LogP contribution in [0.5, 0.6) is 0 Å². The van der Waals surface area contributed by atoms with E-state index in [1.807, 2.05) is 0 Å². The topological polar surface area (TPSA) is 67.2 Å². The number of nitrogens with zero attached hydrogens (tertiary/aromatic N) is 2. The number of carbonyl (C=O) groups is 1. The molecule has 0 aliphatic carbocycles. The highest BCUT2D eigenvalue weighted by Gasteiger charge is 2.14. The summed E-state index contributed by atoms with van der Waals surface area (Å²) in [5.41, 5.74) is 1.57. The lowest BCUT2D eigenvalue weighted by Gasteiger charge is -2.12. The van der Waals surface area contributed by atoms with Crippen LogP contribution in [0.1, 0.15) is 27.8 Å². The molecular formula is C14H16FN3O2. The molecule has 5 nitrogen and oxygen atoms in total. The Morgan fingerprint density at radius 3 is 2.85 bits per heavy atom. The lowest BCUT2D eigenvalue weighted by Crippen LogP contribution is -2.29. The molecule has 0 radical (unpaired) electrons. The molecule has 20 heavy (non-hydrogen) atoms. The fraction of sp³-hybridized carbons (Fsp3) is 0.286. The van der Waals surface area contributed by atoms with Crippen molar-refractivity contribution < 1.29 is 14.3 Å². The van der Waals surface area contributed by atoms with Crippen molar-refractivity contribution in [1.29, 1.82) is 0 Å². The fourth-order valence-electron chi connectivity index (χ4n) is 1.93. The summed E-state index contributed by atoms with van der Waals surface area (Å²) in [7, 11) is 1.67. The molecule has 1 amide bonds. The van der Waals surface area contributed by atoms with E-state index >= 15 is 0 Å². The van der Waals surface area contributed by atoms with Crippen molar-refractivity contribution in [3.63, 3.8) is 0 Å². The molecule has 1 atom stereocenters. The lowest BCUT2D eigenvalue weighted by molar-refractivity contribution is 0.0907. The Morgan fingerprint density at radius 1 is 1.50 bits per heavy atom. The third kappa shape index (κ3) is 3.21. The molecule has 0 aliphatic heterocycles. The van der Waals surface area contributed by atoms with Gasteiger partial charge in [-0.15, -0.1) is 0 Å². The van der Waals surface area contributed by atoms with Gasteiger partial charge in [0.1, 0.15) is 11.5 Å². The van der Waals surface area contributed by atoms with Gasteiger partial charge in [0.15, 0.2) is 0 Å². The Hall–Kier alpha value is -2.21. The monoisotopic (exact) mass is 277 g/mol. The second-order valence-corrected chi connectivity index (χ2v) is 4.58. The van der Waals surface area contributed by atoms with Gasteiger partial charge in [0.2, 0.25) is 0 Å². The molecule has 1 heterocycles. The molecule has 2 N–H and O–H groups in total. The minimum absolute atomic E-state index is 0.00646. The number of aliphatic hydroxyl groups excluding tert-OH is 1. The van der Waals surface area contributed by atoms with Crippen LogP contribution in [0.15, 0.2) is 30.3 Å². The zero-order valence-electron chi connectivity index (χ0n) is 11.3. The second kappa shape index (κ2) is 5.83. The van der Waals surface area contributed by atoms with E-state index in [0.717, 1.165) is 5.69 Å². The number of amides is 1. The number of aliphatic hydroxyl groups is 1. The van der Waals surface area contributed by atoms with Gasteiger partial charge >= 0.3 is 0 Å². The van der Waals surface area contributed by atoms with Crippen LogP contribution >= 0.6 is 0 Å². The Morgan fingerprint density at radius 2 is 2.25 bits per heavy atom. The lowest BCUT2D eigenvalue weighted by atomic mass is 10.1. The summed E-state index contributed by atoms with van der Waals surface area (Å²) in [6.45, 7) is 1.80. The molecule has 6 heteroatoms. The second-order valence-electron chi connectivity index (χ2n) is 4.58. The van der Waals surface area contributed by atoms with E-state index in [2.05, 4.69) is 10.4 Å². The molecule has 2 aromatic rings. The van der Waals surface area contributed by atoms with Gasteiger partial charge < -0.3 is 10.4 Å². The average molecular weight is 277 g/mol. The van der Waals surface area contributed by atoms with Gasteiger partial charge in [-0.3, -0.25) is 9.48 Å². The van der Waals surface area contributed by atoms with Crippen molar-refractivity contribution >= 4 is 5.91 Å². The first-order valence-corrected chi connectivity index (χ1v) is 6.19. The van der Waals surface area contributed by atoms with E-state index in [9.17, 15) is 14.3 Å². The summed E-state index contributed by atoms with van der Waals surface area (Å²) in [5, 5.41) is 16.6. The van der Waals surface area contributed by atoms with Gasteiger partial charge in [0.25, 0.3) is 5.91 Å². The molecule has 0 bridgehead atoms. The van der Waals surface area contributed by atoms with Crippen molar-refractivity contribution in [1.82, 2.24) is 15.1 Å². The number of carbonyl (C=O) groups excluding carboxylic acids is 1. The van der Waals surface area contributed by atoms with Crippen LogP contribution in [0, 0.1) is 12.7 Å². The first-order valence-electron chi connectivity index (χ1n) is 6.19. The molecule has 1 aromatic carbocycles. The minimum atomic E-state index is -0.955. The maximum atomic E-state index is 13.0. The van der Waals surface area contributed by atoms with Gasteiger partial charge in [0.05, 0.1) is 11.8 Å². The first-order chi connectivity index (χ1) is 9.47. The van der Waals surface area contributed by atoms with Crippen molar-refractivity contribution in [2.75, 3.05) is 6.54 Å². The maximum Gasteiger partial charge on any atom is 0.269 e. The molecule has 1 aromatic heterocycles. The van der Waals surface area contributed by atoms with Crippen LogP contribution in [0.2, 0.25) is 0 Å². The van der Waals surface area contributed by atoms with Gasteiger partial charge in [-0.05, 0) is 30.7 Å². The van der Waals surface area contributed by atoms with Gasteiger partial charge in [-0.2, -0.15) is 5.10 Å².